The van der Waals surface area contributed by atoms with Crippen LogP contribution in [0.5, 0.6) is 5.75 Å². The monoisotopic (exact) mass is 486 g/mol. The van der Waals surface area contributed by atoms with Crippen LogP contribution in [0.15, 0.2) is 51.8 Å². The van der Waals surface area contributed by atoms with Crippen LogP contribution in [0, 0.1) is 11.3 Å². The van der Waals surface area contributed by atoms with Crippen LogP contribution in [-0.2, 0) is 16.1 Å². The van der Waals surface area contributed by atoms with E-state index < -0.39 is 0 Å². The van der Waals surface area contributed by atoms with Gasteiger partial charge in [0.1, 0.15) is 12.4 Å². The van der Waals surface area contributed by atoms with Gasteiger partial charge >= 0.3 is 0 Å². The summed E-state index contributed by atoms with van der Waals surface area (Å²) in [7, 11) is 1.58. The van der Waals surface area contributed by atoms with Crippen molar-refractivity contribution in [3.63, 3.8) is 0 Å². The second-order valence-electron chi connectivity index (χ2n) is 6.42. The molecule has 0 aromatic heterocycles. The lowest BCUT2D eigenvalue weighted by atomic mass is 10.1. The number of rotatable bonds is 8. The molecule has 1 aliphatic heterocycles. The zero-order valence-electron chi connectivity index (χ0n) is 16.3. The molecule has 0 saturated carbocycles. The number of methoxy groups -OCH3 is 1. The van der Waals surface area contributed by atoms with Gasteiger partial charge < -0.3 is 9.47 Å². The molecule has 1 fully saturated rings. The Bertz CT molecular complexity index is 1030. The molecule has 0 atom stereocenters. The number of imide groups is 1. The fraction of sp³-hybridized carbons (Fsp3) is 0.227. The molecule has 6 nitrogen and oxygen atoms in total. The van der Waals surface area contributed by atoms with Crippen molar-refractivity contribution in [3.05, 3.63) is 68.5 Å². The van der Waals surface area contributed by atoms with Crippen LogP contribution in [0.4, 0.5) is 4.79 Å². The highest BCUT2D eigenvalue weighted by Gasteiger charge is 2.34. The fourth-order valence-corrected chi connectivity index (χ4v) is 4.11. The molecule has 3 rings (SSSR count). The summed E-state index contributed by atoms with van der Waals surface area (Å²) in [6.07, 6.45) is 2.25. The predicted octanol–water partition coefficient (Wildman–Crippen LogP) is 4.97. The van der Waals surface area contributed by atoms with Gasteiger partial charge in [-0.25, -0.2) is 0 Å². The van der Waals surface area contributed by atoms with E-state index in [-0.39, 0.29) is 17.8 Å². The normalized spacial score (nSPS) is 15.0. The molecule has 0 radical (unpaired) electrons. The number of ether oxygens (including phenoxy) is 2. The summed E-state index contributed by atoms with van der Waals surface area (Å²) in [6.45, 7) is 1.02. The molecule has 1 aliphatic rings. The third-order valence-electron chi connectivity index (χ3n) is 4.38. The van der Waals surface area contributed by atoms with Crippen LogP contribution < -0.4 is 4.74 Å². The Balaban J connectivity index is 1.81. The van der Waals surface area contributed by atoms with Crippen molar-refractivity contribution in [2.24, 2.45) is 0 Å². The van der Waals surface area contributed by atoms with Crippen LogP contribution in [0.25, 0.3) is 6.08 Å². The lowest BCUT2D eigenvalue weighted by Crippen LogP contribution is -2.29. The average molecular weight is 487 g/mol. The van der Waals surface area contributed by atoms with E-state index in [1.54, 1.807) is 31.4 Å². The SMILES string of the molecule is COCCCN1C(=O)S/C(=C/c2cc(Br)ccc2OCc2ccccc2C#N)C1=O. The summed E-state index contributed by atoms with van der Waals surface area (Å²) in [5.41, 5.74) is 1.99. The number of halogens is 1. The zero-order valence-corrected chi connectivity index (χ0v) is 18.7. The van der Waals surface area contributed by atoms with Crippen LogP contribution in [0.3, 0.4) is 0 Å². The molecule has 0 spiro atoms. The van der Waals surface area contributed by atoms with E-state index in [1.807, 2.05) is 24.3 Å². The first kappa shape index (κ1) is 22.1. The maximum Gasteiger partial charge on any atom is 0.293 e. The van der Waals surface area contributed by atoms with E-state index in [0.717, 1.165) is 21.8 Å². The van der Waals surface area contributed by atoms with Crippen LogP contribution >= 0.6 is 27.7 Å². The van der Waals surface area contributed by atoms with Crippen LogP contribution in [-0.4, -0.2) is 36.3 Å². The highest BCUT2D eigenvalue weighted by atomic mass is 79.9. The van der Waals surface area contributed by atoms with Gasteiger partial charge in [0, 0.05) is 35.9 Å². The lowest BCUT2D eigenvalue weighted by molar-refractivity contribution is -0.122. The van der Waals surface area contributed by atoms with Gasteiger partial charge in [-0.3, -0.25) is 14.5 Å². The average Bonchev–Trinajstić information content (AvgIpc) is 3.01. The first-order chi connectivity index (χ1) is 14.5. The van der Waals surface area contributed by atoms with Crippen molar-refractivity contribution in [2.75, 3.05) is 20.3 Å². The third-order valence-corrected chi connectivity index (χ3v) is 5.78. The van der Waals surface area contributed by atoms with E-state index in [9.17, 15) is 14.9 Å². The molecule has 1 saturated heterocycles. The minimum Gasteiger partial charge on any atom is -0.488 e. The summed E-state index contributed by atoms with van der Waals surface area (Å²) in [4.78, 5) is 26.5. The molecular formula is C22H19BrN2O4S. The molecule has 2 aromatic carbocycles. The van der Waals surface area contributed by atoms with E-state index >= 15 is 0 Å². The fourth-order valence-electron chi connectivity index (χ4n) is 2.88. The first-order valence-corrected chi connectivity index (χ1v) is 10.8. The summed E-state index contributed by atoms with van der Waals surface area (Å²) >= 11 is 4.35. The molecule has 154 valence electrons. The summed E-state index contributed by atoms with van der Waals surface area (Å²) in [5.74, 6) is 0.235. The highest BCUT2D eigenvalue weighted by Crippen LogP contribution is 2.35. The number of nitrogens with zero attached hydrogens (tertiary/aromatic N) is 2. The second kappa shape index (κ2) is 10.4. The van der Waals surface area contributed by atoms with E-state index in [0.29, 0.717) is 41.4 Å². The molecular weight excluding hydrogens is 468 g/mol. The van der Waals surface area contributed by atoms with Crippen molar-refractivity contribution >= 4 is 44.9 Å². The third kappa shape index (κ3) is 5.30. The molecule has 2 amide bonds. The first-order valence-electron chi connectivity index (χ1n) is 9.18. The lowest BCUT2D eigenvalue weighted by Gasteiger charge is -2.12. The minimum absolute atomic E-state index is 0.213. The van der Waals surface area contributed by atoms with Crippen molar-refractivity contribution in [2.45, 2.75) is 13.0 Å². The van der Waals surface area contributed by atoms with Crippen LogP contribution in [0.1, 0.15) is 23.1 Å². The summed E-state index contributed by atoms with van der Waals surface area (Å²) < 4.78 is 11.8. The van der Waals surface area contributed by atoms with Crippen molar-refractivity contribution in [3.8, 4) is 11.8 Å². The number of hydrogen-bond acceptors (Lipinski definition) is 6. The van der Waals surface area contributed by atoms with Crippen molar-refractivity contribution in [1.29, 1.82) is 5.26 Å². The molecule has 0 unspecified atom stereocenters. The number of amides is 2. The minimum atomic E-state index is -0.318. The molecule has 30 heavy (non-hydrogen) atoms. The summed E-state index contributed by atoms with van der Waals surface area (Å²) in [6, 6.07) is 14.8. The number of carbonyl (C=O) groups is 2. The predicted molar refractivity (Wildman–Crippen MR) is 119 cm³/mol. The van der Waals surface area contributed by atoms with E-state index in [1.165, 1.54) is 4.90 Å². The number of hydrogen-bond donors (Lipinski definition) is 0. The Morgan fingerprint density at radius 2 is 2.03 bits per heavy atom. The molecule has 0 bridgehead atoms. The Morgan fingerprint density at radius 1 is 1.23 bits per heavy atom. The van der Waals surface area contributed by atoms with Gasteiger partial charge in [-0.15, -0.1) is 0 Å². The van der Waals surface area contributed by atoms with Gasteiger partial charge in [0.25, 0.3) is 11.1 Å². The maximum atomic E-state index is 12.7. The number of thioether (sulfide) groups is 1. The van der Waals surface area contributed by atoms with Gasteiger partial charge in [0.05, 0.1) is 16.5 Å². The molecule has 1 heterocycles. The van der Waals surface area contributed by atoms with E-state index in [2.05, 4.69) is 22.0 Å². The maximum absolute atomic E-state index is 12.7. The molecule has 0 aliphatic carbocycles. The Labute approximate surface area is 187 Å². The smallest absolute Gasteiger partial charge is 0.293 e. The van der Waals surface area contributed by atoms with Crippen molar-refractivity contribution < 1.29 is 19.1 Å². The van der Waals surface area contributed by atoms with Gasteiger partial charge in [-0.2, -0.15) is 5.26 Å². The molecule has 8 heteroatoms. The zero-order chi connectivity index (χ0) is 21.5. The molecule has 0 N–H and O–H groups in total. The largest absolute Gasteiger partial charge is 0.488 e. The highest BCUT2D eigenvalue weighted by molar-refractivity contribution is 9.10. The Kier molecular flexibility index (Phi) is 7.69. The number of benzene rings is 2. The van der Waals surface area contributed by atoms with Crippen molar-refractivity contribution in [1.82, 2.24) is 4.90 Å². The number of carbonyl (C=O) groups excluding carboxylic acids is 2. The second-order valence-corrected chi connectivity index (χ2v) is 8.33. The van der Waals surface area contributed by atoms with Crippen LogP contribution in [0.2, 0.25) is 0 Å². The van der Waals surface area contributed by atoms with Gasteiger partial charge in [0.2, 0.25) is 0 Å². The van der Waals surface area contributed by atoms with Gasteiger partial charge in [-0.05, 0) is 48.5 Å². The Morgan fingerprint density at radius 3 is 2.80 bits per heavy atom. The molecule has 2 aromatic rings. The Hall–Kier alpha value is -2.60. The quantitative estimate of drug-likeness (QED) is 0.386. The topological polar surface area (TPSA) is 79.6 Å². The number of nitriles is 1. The van der Waals surface area contributed by atoms with E-state index in [4.69, 9.17) is 9.47 Å². The summed E-state index contributed by atoms with van der Waals surface area (Å²) in [5, 5.41) is 8.96. The van der Waals surface area contributed by atoms with Gasteiger partial charge in [0.15, 0.2) is 0 Å². The standard InChI is InChI=1S/C22H19BrN2O4S/c1-28-10-4-9-25-21(26)20(30-22(25)27)12-17-11-18(23)7-8-19(17)29-14-16-6-3-2-5-15(16)13-24/h2-3,5-8,11-12H,4,9-10,14H2,1H3/b20-12+. The van der Waals surface area contributed by atoms with Gasteiger partial charge in [-0.1, -0.05) is 34.1 Å².